The number of nitrogens with one attached hydrogen (secondary N) is 2. The fourth-order valence-electron chi connectivity index (χ4n) is 1.82. The lowest BCUT2D eigenvalue weighted by Gasteiger charge is -2.17. The highest BCUT2D eigenvalue weighted by Gasteiger charge is 2.12. The van der Waals surface area contributed by atoms with Crippen molar-refractivity contribution in [3.05, 3.63) is 6.20 Å². The molecule has 0 aliphatic carbocycles. The number of carboxylic acid groups (broad SMARTS) is 1. The van der Waals surface area contributed by atoms with Crippen molar-refractivity contribution in [2.75, 3.05) is 11.1 Å². The van der Waals surface area contributed by atoms with Crippen LogP contribution in [0.3, 0.4) is 0 Å². The van der Waals surface area contributed by atoms with Crippen molar-refractivity contribution in [2.24, 2.45) is 0 Å². The Morgan fingerprint density at radius 2 is 2.05 bits per heavy atom. The van der Waals surface area contributed by atoms with E-state index >= 15 is 0 Å². The van der Waals surface area contributed by atoms with Gasteiger partial charge < -0.3 is 10.4 Å². The summed E-state index contributed by atoms with van der Waals surface area (Å²) in [7, 11) is 0. The number of aliphatic carboxylic acids is 1. The van der Waals surface area contributed by atoms with Crippen LogP contribution in [0.25, 0.3) is 0 Å². The van der Waals surface area contributed by atoms with Gasteiger partial charge in [0.25, 0.3) is 0 Å². The topological polar surface area (TPSA) is 91.3 Å². The van der Waals surface area contributed by atoms with E-state index in [-0.39, 0.29) is 17.8 Å². The zero-order valence-corrected chi connectivity index (χ0v) is 13.9. The van der Waals surface area contributed by atoms with Gasteiger partial charge in [0.2, 0.25) is 0 Å². The van der Waals surface area contributed by atoms with E-state index in [1.54, 1.807) is 6.20 Å². The number of carboxylic acids is 1. The Morgan fingerprint density at radius 3 is 2.62 bits per heavy atom. The fourth-order valence-corrected chi connectivity index (χ4v) is 3.41. The monoisotopic (exact) mass is 331 g/mol. The molecule has 0 saturated carbocycles. The molecule has 3 N–H and O–H groups in total. The first kappa shape index (κ1) is 17.8. The van der Waals surface area contributed by atoms with E-state index in [0.29, 0.717) is 5.13 Å². The van der Waals surface area contributed by atoms with Gasteiger partial charge in [-0.15, -0.1) is 11.8 Å². The molecule has 0 radical (unpaired) electrons. The second-order valence-corrected chi connectivity index (χ2v) is 6.85. The lowest BCUT2D eigenvalue weighted by atomic mass is 10.1. The van der Waals surface area contributed by atoms with Gasteiger partial charge in [-0.1, -0.05) is 38.0 Å². The molecule has 0 atom stereocenters. The summed E-state index contributed by atoms with van der Waals surface area (Å²) in [6.45, 7) is 4.18. The largest absolute Gasteiger partial charge is 0.481 e. The quantitative estimate of drug-likeness (QED) is 0.603. The average Bonchev–Trinajstić information content (AvgIpc) is 2.84. The molecule has 0 spiro atoms. The summed E-state index contributed by atoms with van der Waals surface area (Å²) in [5, 5.41) is 14.7. The number of rotatable bonds is 9. The number of amides is 2. The maximum Gasteiger partial charge on any atom is 0.321 e. The Morgan fingerprint density at radius 1 is 1.38 bits per heavy atom. The van der Waals surface area contributed by atoms with Gasteiger partial charge in [0.15, 0.2) is 5.13 Å². The average molecular weight is 331 g/mol. The van der Waals surface area contributed by atoms with Gasteiger partial charge in [-0.2, -0.15) is 0 Å². The number of anilines is 1. The van der Waals surface area contributed by atoms with Crippen LogP contribution in [-0.2, 0) is 4.79 Å². The van der Waals surface area contributed by atoms with E-state index in [1.165, 1.54) is 23.1 Å². The Kier molecular flexibility index (Phi) is 8.14. The maximum atomic E-state index is 11.9. The molecule has 0 bridgehead atoms. The van der Waals surface area contributed by atoms with Gasteiger partial charge in [0.05, 0.1) is 16.2 Å². The summed E-state index contributed by atoms with van der Waals surface area (Å²) < 4.78 is 0.770. The molecule has 21 heavy (non-hydrogen) atoms. The molecule has 0 aromatic carbocycles. The Bertz CT molecular complexity index is 459. The van der Waals surface area contributed by atoms with Crippen molar-refractivity contribution >= 4 is 40.2 Å². The van der Waals surface area contributed by atoms with Crippen molar-refractivity contribution in [1.82, 2.24) is 10.3 Å². The molecular formula is C13H21N3O3S2. The van der Waals surface area contributed by atoms with Gasteiger partial charge >= 0.3 is 12.0 Å². The fraction of sp³-hybridized carbons (Fsp3) is 0.615. The van der Waals surface area contributed by atoms with Crippen LogP contribution in [0.2, 0.25) is 0 Å². The number of thiazole rings is 1. The summed E-state index contributed by atoms with van der Waals surface area (Å²) in [5.41, 5.74) is 0. The standard InChI is InChI=1S/C13H21N3O3S2/c1-3-5-9(6-4-2)15-12(19)16-13-14-7-11(21-13)20-8-10(17)18/h7,9H,3-6,8H2,1-2H3,(H,17,18)(H2,14,15,16,19). The van der Waals surface area contributed by atoms with Crippen molar-refractivity contribution in [2.45, 2.75) is 49.8 Å². The normalized spacial score (nSPS) is 10.6. The van der Waals surface area contributed by atoms with Crippen molar-refractivity contribution in [3.8, 4) is 0 Å². The molecule has 0 saturated heterocycles. The third-order valence-electron chi connectivity index (χ3n) is 2.65. The number of carbonyl (C=O) groups excluding carboxylic acids is 1. The molecule has 0 unspecified atom stereocenters. The predicted molar refractivity (Wildman–Crippen MR) is 86.2 cm³/mol. The Labute approximate surface area is 132 Å². The van der Waals surface area contributed by atoms with Gasteiger partial charge in [-0.3, -0.25) is 10.1 Å². The molecule has 2 amide bonds. The van der Waals surface area contributed by atoms with Crippen LogP contribution < -0.4 is 10.6 Å². The first-order chi connectivity index (χ1) is 10.0. The minimum absolute atomic E-state index is 0.0110. The van der Waals surface area contributed by atoms with Crippen LogP contribution in [0.4, 0.5) is 9.93 Å². The molecule has 118 valence electrons. The van der Waals surface area contributed by atoms with Gasteiger partial charge in [0, 0.05) is 6.04 Å². The molecule has 0 fully saturated rings. The highest BCUT2D eigenvalue weighted by atomic mass is 32.2. The van der Waals surface area contributed by atoms with Crippen LogP contribution in [0, 0.1) is 0 Å². The molecule has 1 rings (SSSR count). The van der Waals surface area contributed by atoms with E-state index in [0.717, 1.165) is 29.9 Å². The van der Waals surface area contributed by atoms with E-state index in [1.807, 2.05) is 0 Å². The lowest BCUT2D eigenvalue weighted by Crippen LogP contribution is -2.37. The van der Waals surface area contributed by atoms with Crippen LogP contribution in [0.5, 0.6) is 0 Å². The second-order valence-electron chi connectivity index (χ2n) is 4.54. The SMILES string of the molecule is CCCC(CCC)NC(=O)Nc1ncc(SCC(=O)O)s1. The molecule has 1 aromatic heterocycles. The van der Waals surface area contributed by atoms with Gasteiger partial charge in [0.1, 0.15) is 0 Å². The maximum absolute atomic E-state index is 11.9. The van der Waals surface area contributed by atoms with Crippen LogP contribution >= 0.6 is 23.1 Å². The molecule has 0 aliphatic heterocycles. The Hall–Kier alpha value is -1.28. The van der Waals surface area contributed by atoms with Gasteiger partial charge in [-0.25, -0.2) is 9.78 Å². The highest BCUT2D eigenvalue weighted by Crippen LogP contribution is 2.27. The zero-order valence-electron chi connectivity index (χ0n) is 12.2. The molecule has 8 heteroatoms. The Balaban J connectivity index is 2.44. The van der Waals surface area contributed by atoms with Crippen LogP contribution in [0.15, 0.2) is 10.4 Å². The van der Waals surface area contributed by atoms with E-state index < -0.39 is 5.97 Å². The summed E-state index contributed by atoms with van der Waals surface area (Å²) in [5.74, 6) is -0.884. The van der Waals surface area contributed by atoms with Crippen LogP contribution in [-0.4, -0.2) is 33.9 Å². The summed E-state index contributed by atoms with van der Waals surface area (Å²) >= 11 is 2.46. The van der Waals surface area contributed by atoms with E-state index in [4.69, 9.17) is 5.11 Å². The number of aromatic nitrogens is 1. The number of urea groups is 1. The first-order valence-electron chi connectivity index (χ1n) is 6.93. The minimum Gasteiger partial charge on any atom is -0.481 e. The van der Waals surface area contributed by atoms with Crippen molar-refractivity contribution in [1.29, 1.82) is 0 Å². The van der Waals surface area contributed by atoms with E-state index in [9.17, 15) is 9.59 Å². The van der Waals surface area contributed by atoms with Crippen molar-refractivity contribution < 1.29 is 14.7 Å². The lowest BCUT2D eigenvalue weighted by molar-refractivity contribution is -0.133. The molecule has 6 nitrogen and oxygen atoms in total. The third-order valence-corrected chi connectivity index (χ3v) is 4.74. The number of nitrogens with zero attached hydrogens (tertiary/aromatic N) is 1. The molecule has 1 aromatic rings. The zero-order chi connectivity index (χ0) is 15.7. The van der Waals surface area contributed by atoms with Gasteiger partial charge in [-0.05, 0) is 12.8 Å². The summed E-state index contributed by atoms with van der Waals surface area (Å²) in [6, 6.07) is -0.0770. The summed E-state index contributed by atoms with van der Waals surface area (Å²) in [6.07, 6.45) is 5.54. The third kappa shape index (κ3) is 7.33. The van der Waals surface area contributed by atoms with Crippen molar-refractivity contribution in [3.63, 3.8) is 0 Å². The number of thioether (sulfide) groups is 1. The summed E-state index contributed by atoms with van der Waals surface area (Å²) in [4.78, 5) is 26.4. The predicted octanol–water partition coefficient (Wildman–Crippen LogP) is 3.41. The number of carbonyl (C=O) groups is 2. The molecule has 0 aliphatic rings. The molecule has 1 heterocycles. The van der Waals surface area contributed by atoms with Crippen LogP contribution in [0.1, 0.15) is 39.5 Å². The first-order valence-corrected chi connectivity index (χ1v) is 8.73. The highest BCUT2D eigenvalue weighted by molar-refractivity contribution is 8.01. The number of hydrogen-bond acceptors (Lipinski definition) is 5. The molecular weight excluding hydrogens is 310 g/mol. The number of hydrogen-bond donors (Lipinski definition) is 3. The second kappa shape index (κ2) is 9.62. The van der Waals surface area contributed by atoms with E-state index in [2.05, 4.69) is 29.5 Å². The smallest absolute Gasteiger partial charge is 0.321 e. The minimum atomic E-state index is -0.873.